The maximum Gasteiger partial charge on any atom is 0.241 e. The van der Waals surface area contributed by atoms with Crippen LogP contribution < -0.4 is 9.46 Å². The Hall–Kier alpha value is -1.85. The topological polar surface area (TPSA) is 55.4 Å². The van der Waals surface area contributed by atoms with E-state index in [4.69, 9.17) is 4.74 Å². The van der Waals surface area contributed by atoms with Crippen molar-refractivity contribution in [3.63, 3.8) is 0 Å². The van der Waals surface area contributed by atoms with Crippen molar-refractivity contribution in [1.29, 1.82) is 0 Å². The van der Waals surface area contributed by atoms with Crippen molar-refractivity contribution in [1.82, 2.24) is 4.72 Å². The largest absolute Gasteiger partial charge is 0.497 e. The van der Waals surface area contributed by atoms with E-state index in [9.17, 15) is 8.42 Å². The molecule has 118 valence electrons. The molecular formula is C17H21NO3S. The number of hydrogen-bond acceptors (Lipinski definition) is 3. The number of aryl methyl sites for hydroxylation is 1. The molecule has 0 amide bonds. The normalized spacial score (nSPS) is 12.2. The second-order valence-corrected chi connectivity index (χ2v) is 7.45. The van der Waals surface area contributed by atoms with Gasteiger partial charge in [-0.25, -0.2) is 13.1 Å². The van der Waals surface area contributed by atoms with Crippen LogP contribution in [0.15, 0.2) is 53.4 Å². The van der Waals surface area contributed by atoms with Crippen molar-refractivity contribution in [3.05, 3.63) is 59.7 Å². The van der Waals surface area contributed by atoms with Crippen molar-refractivity contribution < 1.29 is 13.2 Å². The first-order valence-corrected chi connectivity index (χ1v) is 8.48. The van der Waals surface area contributed by atoms with E-state index in [2.05, 4.69) is 4.72 Å². The van der Waals surface area contributed by atoms with Crippen LogP contribution in [0.1, 0.15) is 25.0 Å². The highest BCUT2D eigenvalue weighted by Crippen LogP contribution is 2.25. The Bertz CT molecular complexity index is 732. The third-order valence-corrected chi connectivity index (χ3v) is 5.20. The highest BCUT2D eigenvalue weighted by molar-refractivity contribution is 7.89. The highest BCUT2D eigenvalue weighted by atomic mass is 32.2. The Labute approximate surface area is 132 Å². The van der Waals surface area contributed by atoms with Gasteiger partial charge < -0.3 is 4.74 Å². The number of nitrogens with one attached hydrogen (secondary N) is 1. The van der Waals surface area contributed by atoms with E-state index in [0.29, 0.717) is 0 Å². The van der Waals surface area contributed by atoms with E-state index in [1.807, 2.05) is 45.0 Å². The first-order chi connectivity index (χ1) is 10.2. The quantitative estimate of drug-likeness (QED) is 0.920. The SMILES string of the molecule is COc1ccc(C(C)(C)NS(=O)(=O)c2ccc(C)cc2)cc1. The van der Waals surface area contributed by atoms with Gasteiger partial charge in [0.2, 0.25) is 10.0 Å². The maximum absolute atomic E-state index is 12.5. The fourth-order valence-electron chi connectivity index (χ4n) is 2.18. The third-order valence-electron chi connectivity index (χ3n) is 3.53. The Morgan fingerprint density at radius 3 is 2.00 bits per heavy atom. The molecule has 0 aliphatic heterocycles. The molecule has 22 heavy (non-hydrogen) atoms. The Morgan fingerprint density at radius 1 is 0.955 bits per heavy atom. The highest BCUT2D eigenvalue weighted by Gasteiger charge is 2.27. The van der Waals surface area contributed by atoms with Crippen LogP contribution in [0.4, 0.5) is 0 Å². The molecule has 0 heterocycles. The van der Waals surface area contributed by atoms with Gasteiger partial charge in [-0.15, -0.1) is 0 Å². The van der Waals surface area contributed by atoms with Crippen LogP contribution in [0.2, 0.25) is 0 Å². The second kappa shape index (κ2) is 6.10. The number of methoxy groups -OCH3 is 1. The average molecular weight is 319 g/mol. The number of hydrogen-bond donors (Lipinski definition) is 1. The summed E-state index contributed by atoms with van der Waals surface area (Å²) in [6.07, 6.45) is 0. The summed E-state index contributed by atoms with van der Waals surface area (Å²) in [4.78, 5) is 0.264. The summed E-state index contributed by atoms with van der Waals surface area (Å²) >= 11 is 0. The number of benzene rings is 2. The van der Waals surface area contributed by atoms with Crippen molar-refractivity contribution in [3.8, 4) is 5.75 Å². The van der Waals surface area contributed by atoms with Gasteiger partial charge in [0.1, 0.15) is 5.75 Å². The van der Waals surface area contributed by atoms with Gasteiger partial charge in [0.25, 0.3) is 0 Å². The van der Waals surface area contributed by atoms with E-state index < -0.39 is 15.6 Å². The smallest absolute Gasteiger partial charge is 0.241 e. The first-order valence-electron chi connectivity index (χ1n) is 7.00. The molecule has 0 bridgehead atoms. The fraction of sp³-hybridized carbons (Fsp3) is 0.294. The summed E-state index contributed by atoms with van der Waals surface area (Å²) in [5, 5.41) is 0. The first kappa shape index (κ1) is 16.5. The summed E-state index contributed by atoms with van der Waals surface area (Å²) in [6.45, 7) is 5.59. The van der Waals surface area contributed by atoms with E-state index >= 15 is 0 Å². The van der Waals surface area contributed by atoms with Gasteiger partial charge in [0.15, 0.2) is 0 Å². The molecular weight excluding hydrogens is 298 g/mol. The molecule has 0 saturated heterocycles. The van der Waals surface area contributed by atoms with Crippen LogP contribution in [-0.2, 0) is 15.6 Å². The molecule has 2 aromatic carbocycles. The van der Waals surface area contributed by atoms with Crippen LogP contribution in [0.25, 0.3) is 0 Å². The van der Waals surface area contributed by atoms with Gasteiger partial charge >= 0.3 is 0 Å². The van der Waals surface area contributed by atoms with Crippen molar-refractivity contribution in [2.45, 2.75) is 31.2 Å². The molecule has 0 atom stereocenters. The van der Waals surface area contributed by atoms with Crippen molar-refractivity contribution in [2.75, 3.05) is 7.11 Å². The number of rotatable bonds is 5. The third kappa shape index (κ3) is 3.67. The van der Waals surface area contributed by atoms with E-state index in [0.717, 1.165) is 16.9 Å². The van der Waals surface area contributed by atoms with Crippen molar-refractivity contribution >= 4 is 10.0 Å². The number of ether oxygens (including phenoxy) is 1. The van der Waals surface area contributed by atoms with Crippen LogP contribution in [0, 0.1) is 6.92 Å². The van der Waals surface area contributed by atoms with Gasteiger partial charge in [-0.05, 0) is 50.6 Å². The lowest BCUT2D eigenvalue weighted by molar-refractivity contribution is 0.413. The molecule has 2 rings (SSSR count). The van der Waals surface area contributed by atoms with Crippen LogP contribution >= 0.6 is 0 Å². The zero-order valence-electron chi connectivity index (χ0n) is 13.3. The molecule has 0 unspecified atom stereocenters. The standard InChI is InChI=1S/C17H21NO3S/c1-13-5-11-16(12-6-13)22(19,20)18-17(2,3)14-7-9-15(21-4)10-8-14/h5-12,18H,1-4H3. The van der Waals surface area contributed by atoms with Crippen LogP contribution in [0.5, 0.6) is 5.75 Å². The van der Waals surface area contributed by atoms with Gasteiger partial charge in [0.05, 0.1) is 17.5 Å². The summed E-state index contributed by atoms with van der Waals surface area (Å²) < 4.78 is 32.9. The predicted molar refractivity (Wildman–Crippen MR) is 87.5 cm³/mol. The van der Waals surface area contributed by atoms with Crippen molar-refractivity contribution in [2.24, 2.45) is 0 Å². The zero-order chi connectivity index (χ0) is 16.4. The lowest BCUT2D eigenvalue weighted by atomic mass is 9.96. The monoisotopic (exact) mass is 319 g/mol. The van der Waals surface area contributed by atoms with Gasteiger partial charge in [-0.2, -0.15) is 0 Å². The molecule has 0 aliphatic carbocycles. The summed E-state index contributed by atoms with van der Waals surface area (Å²) in [5.41, 5.74) is 1.16. The van der Waals surface area contributed by atoms with E-state index in [-0.39, 0.29) is 4.90 Å². The summed E-state index contributed by atoms with van der Waals surface area (Å²) in [7, 11) is -1.98. The summed E-state index contributed by atoms with van der Waals surface area (Å²) in [6, 6.07) is 14.1. The fourth-order valence-corrected chi connectivity index (χ4v) is 3.58. The minimum absolute atomic E-state index is 0.264. The molecule has 0 aromatic heterocycles. The maximum atomic E-state index is 12.5. The van der Waals surface area contributed by atoms with Gasteiger partial charge in [0, 0.05) is 0 Å². The minimum atomic E-state index is -3.58. The Balaban J connectivity index is 2.27. The Morgan fingerprint density at radius 2 is 1.50 bits per heavy atom. The van der Waals surface area contributed by atoms with Crippen LogP contribution in [-0.4, -0.2) is 15.5 Å². The molecule has 0 aliphatic rings. The molecule has 0 spiro atoms. The number of sulfonamides is 1. The lowest BCUT2D eigenvalue weighted by Gasteiger charge is -2.26. The average Bonchev–Trinajstić information content (AvgIpc) is 2.46. The van der Waals surface area contributed by atoms with Gasteiger partial charge in [-0.1, -0.05) is 29.8 Å². The molecule has 5 heteroatoms. The van der Waals surface area contributed by atoms with E-state index in [1.54, 1.807) is 31.4 Å². The second-order valence-electron chi connectivity index (χ2n) is 5.77. The molecule has 0 radical (unpaired) electrons. The predicted octanol–water partition coefficient (Wildman–Crippen LogP) is 3.22. The molecule has 1 N–H and O–H groups in total. The lowest BCUT2D eigenvalue weighted by Crippen LogP contribution is -2.40. The van der Waals surface area contributed by atoms with Crippen LogP contribution in [0.3, 0.4) is 0 Å². The minimum Gasteiger partial charge on any atom is -0.497 e. The Kier molecular flexibility index (Phi) is 4.58. The van der Waals surface area contributed by atoms with Gasteiger partial charge in [-0.3, -0.25) is 0 Å². The molecule has 0 saturated carbocycles. The molecule has 2 aromatic rings. The van der Waals surface area contributed by atoms with E-state index in [1.165, 1.54) is 0 Å². The summed E-state index contributed by atoms with van der Waals surface area (Å²) in [5.74, 6) is 0.737. The molecule has 4 nitrogen and oxygen atoms in total. The zero-order valence-corrected chi connectivity index (χ0v) is 14.1. The molecule has 0 fully saturated rings.